The monoisotopic (exact) mass is 288 g/mol. The van der Waals surface area contributed by atoms with E-state index in [-0.39, 0.29) is 29.7 Å². The van der Waals surface area contributed by atoms with Gasteiger partial charge in [-0.15, -0.1) is 0 Å². The molecule has 0 aliphatic heterocycles. The number of hydrogen-bond acceptors (Lipinski definition) is 2. The summed E-state index contributed by atoms with van der Waals surface area (Å²) in [4.78, 5) is 24.2. The summed E-state index contributed by atoms with van der Waals surface area (Å²) in [6, 6.07) is 6.13. The average Bonchev–Trinajstić information content (AvgIpc) is 3.20. The van der Waals surface area contributed by atoms with Gasteiger partial charge < -0.3 is 10.6 Å². The Morgan fingerprint density at radius 1 is 1.24 bits per heavy atom. The second-order valence-corrected chi connectivity index (χ2v) is 6.06. The summed E-state index contributed by atoms with van der Waals surface area (Å²) in [5.41, 5.74) is 3.10. The number of para-hydroxylation sites is 1. The van der Waals surface area contributed by atoms with Gasteiger partial charge in [-0.25, -0.2) is 0 Å². The minimum absolute atomic E-state index is 0.00866. The summed E-state index contributed by atoms with van der Waals surface area (Å²) >= 11 is 0. The molecule has 0 radical (unpaired) electrons. The zero-order chi connectivity index (χ0) is 15.6. The maximum atomic E-state index is 12.3. The van der Waals surface area contributed by atoms with Crippen molar-refractivity contribution in [1.82, 2.24) is 5.32 Å². The molecule has 4 nitrogen and oxygen atoms in total. The largest absolute Gasteiger partial charge is 0.354 e. The molecule has 2 N–H and O–H groups in total. The van der Waals surface area contributed by atoms with Crippen LogP contribution >= 0.6 is 0 Å². The SMILES string of the molecule is CCc1cccc(C)c1NC(=O)C1CC1C(=O)NC(C)C. The zero-order valence-electron chi connectivity index (χ0n) is 13.2. The van der Waals surface area contributed by atoms with Gasteiger partial charge in [0.2, 0.25) is 11.8 Å². The van der Waals surface area contributed by atoms with Crippen molar-refractivity contribution in [3.05, 3.63) is 29.3 Å². The minimum Gasteiger partial charge on any atom is -0.354 e. The van der Waals surface area contributed by atoms with Crippen LogP contribution in [0.15, 0.2) is 18.2 Å². The molecule has 2 amide bonds. The van der Waals surface area contributed by atoms with Crippen LogP contribution in [0, 0.1) is 18.8 Å². The molecule has 0 saturated heterocycles. The predicted octanol–water partition coefficient (Wildman–Crippen LogP) is 2.66. The fourth-order valence-electron chi connectivity index (χ4n) is 2.58. The van der Waals surface area contributed by atoms with Gasteiger partial charge in [-0.1, -0.05) is 25.1 Å². The van der Waals surface area contributed by atoms with Gasteiger partial charge in [0.05, 0.1) is 11.8 Å². The van der Waals surface area contributed by atoms with Crippen LogP contribution < -0.4 is 10.6 Å². The Hall–Kier alpha value is -1.84. The highest BCUT2D eigenvalue weighted by molar-refractivity contribution is 6.00. The first kappa shape index (κ1) is 15.5. The Labute approximate surface area is 126 Å². The van der Waals surface area contributed by atoms with Gasteiger partial charge in [0.25, 0.3) is 0 Å². The van der Waals surface area contributed by atoms with Gasteiger partial charge in [-0.3, -0.25) is 9.59 Å². The highest BCUT2D eigenvalue weighted by Gasteiger charge is 2.48. The maximum absolute atomic E-state index is 12.3. The number of carbonyl (C=O) groups excluding carboxylic acids is 2. The Kier molecular flexibility index (Phi) is 4.66. The summed E-state index contributed by atoms with van der Waals surface area (Å²) in [6.07, 6.45) is 1.52. The molecular formula is C17H24N2O2. The summed E-state index contributed by atoms with van der Waals surface area (Å²) in [5, 5.41) is 5.88. The third kappa shape index (κ3) is 3.63. The van der Waals surface area contributed by atoms with E-state index in [1.807, 2.05) is 39.0 Å². The molecule has 2 atom stereocenters. The van der Waals surface area contributed by atoms with Gasteiger partial charge >= 0.3 is 0 Å². The average molecular weight is 288 g/mol. The topological polar surface area (TPSA) is 58.2 Å². The molecule has 4 heteroatoms. The van der Waals surface area contributed by atoms with E-state index in [1.165, 1.54) is 0 Å². The lowest BCUT2D eigenvalue weighted by molar-refractivity contribution is -0.125. The minimum atomic E-state index is -0.187. The Bertz CT molecular complexity index is 552. The number of anilines is 1. The van der Waals surface area contributed by atoms with Crippen molar-refractivity contribution in [1.29, 1.82) is 0 Å². The van der Waals surface area contributed by atoms with Crippen LogP contribution in [0.1, 0.15) is 38.3 Å². The number of hydrogen-bond donors (Lipinski definition) is 2. The Balaban J connectivity index is 2.00. The second kappa shape index (κ2) is 6.29. The molecule has 2 rings (SSSR count). The molecule has 0 aromatic heterocycles. The first-order valence-electron chi connectivity index (χ1n) is 7.63. The molecule has 21 heavy (non-hydrogen) atoms. The molecule has 2 unspecified atom stereocenters. The van der Waals surface area contributed by atoms with Crippen LogP contribution in [0.2, 0.25) is 0 Å². The zero-order valence-corrected chi connectivity index (χ0v) is 13.2. The van der Waals surface area contributed by atoms with Gasteiger partial charge in [0, 0.05) is 11.7 Å². The summed E-state index contributed by atoms with van der Waals surface area (Å²) in [6.45, 7) is 7.91. The van der Waals surface area contributed by atoms with Crippen molar-refractivity contribution in [2.24, 2.45) is 11.8 Å². The number of amides is 2. The van der Waals surface area contributed by atoms with Gasteiger partial charge in [-0.05, 0) is 44.7 Å². The van der Waals surface area contributed by atoms with E-state index in [9.17, 15) is 9.59 Å². The highest BCUT2D eigenvalue weighted by Crippen LogP contribution is 2.40. The Morgan fingerprint density at radius 3 is 2.52 bits per heavy atom. The van der Waals surface area contributed by atoms with Crippen molar-refractivity contribution in [2.45, 2.75) is 46.6 Å². The molecule has 1 aromatic rings. The van der Waals surface area contributed by atoms with Crippen LogP contribution in [0.5, 0.6) is 0 Å². The summed E-state index contributed by atoms with van der Waals surface area (Å²) < 4.78 is 0. The van der Waals surface area contributed by atoms with E-state index in [2.05, 4.69) is 17.6 Å². The van der Waals surface area contributed by atoms with Crippen LogP contribution in [-0.4, -0.2) is 17.9 Å². The van der Waals surface area contributed by atoms with Crippen molar-refractivity contribution in [3.8, 4) is 0 Å². The van der Waals surface area contributed by atoms with Crippen LogP contribution in [0.25, 0.3) is 0 Å². The van der Waals surface area contributed by atoms with Crippen molar-refractivity contribution in [2.75, 3.05) is 5.32 Å². The fraction of sp³-hybridized carbons (Fsp3) is 0.529. The summed E-state index contributed by atoms with van der Waals surface area (Å²) in [7, 11) is 0. The summed E-state index contributed by atoms with van der Waals surface area (Å²) in [5.74, 6) is -0.400. The molecule has 114 valence electrons. The molecule has 1 saturated carbocycles. The lowest BCUT2D eigenvalue weighted by Gasteiger charge is -2.13. The van der Waals surface area contributed by atoms with Crippen LogP contribution in [0.3, 0.4) is 0 Å². The highest BCUT2D eigenvalue weighted by atomic mass is 16.2. The van der Waals surface area contributed by atoms with Crippen molar-refractivity contribution >= 4 is 17.5 Å². The number of nitrogens with one attached hydrogen (secondary N) is 2. The van der Waals surface area contributed by atoms with E-state index < -0.39 is 0 Å². The van der Waals surface area contributed by atoms with Crippen molar-refractivity contribution < 1.29 is 9.59 Å². The smallest absolute Gasteiger partial charge is 0.228 e. The number of carbonyl (C=O) groups is 2. The van der Waals surface area contributed by atoms with Crippen molar-refractivity contribution in [3.63, 3.8) is 0 Å². The molecule has 0 spiro atoms. The van der Waals surface area contributed by atoms with Gasteiger partial charge in [0.15, 0.2) is 0 Å². The third-order valence-corrected chi connectivity index (χ3v) is 3.88. The maximum Gasteiger partial charge on any atom is 0.228 e. The normalized spacial score (nSPS) is 20.2. The molecular weight excluding hydrogens is 264 g/mol. The van der Waals surface area contributed by atoms with Gasteiger partial charge in [0.1, 0.15) is 0 Å². The fourth-order valence-corrected chi connectivity index (χ4v) is 2.58. The number of benzene rings is 1. The lowest BCUT2D eigenvalue weighted by atomic mass is 10.1. The predicted molar refractivity (Wildman–Crippen MR) is 84.1 cm³/mol. The molecule has 0 heterocycles. The van der Waals surface area contributed by atoms with E-state index >= 15 is 0 Å². The molecule has 1 fully saturated rings. The number of rotatable bonds is 5. The first-order valence-corrected chi connectivity index (χ1v) is 7.63. The quantitative estimate of drug-likeness (QED) is 0.875. The molecule has 1 aromatic carbocycles. The van der Waals surface area contributed by atoms with E-state index in [0.717, 1.165) is 23.2 Å². The Morgan fingerprint density at radius 2 is 1.90 bits per heavy atom. The molecule has 1 aliphatic rings. The standard InChI is InChI=1S/C17H24N2O2/c1-5-12-8-6-7-11(4)15(12)19-17(21)14-9-13(14)16(20)18-10(2)3/h6-8,10,13-14H,5,9H2,1-4H3,(H,18,20)(H,19,21). The molecule has 1 aliphatic carbocycles. The molecule has 0 bridgehead atoms. The van der Waals surface area contributed by atoms with Gasteiger partial charge in [-0.2, -0.15) is 0 Å². The van der Waals surface area contributed by atoms with Crippen LogP contribution in [-0.2, 0) is 16.0 Å². The second-order valence-electron chi connectivity index (χ2n) is 6.06. The van der Waals surface area contributed by atoms with E-state index in [0.29, 0.717) is 6.42 Å². The first-order chi connectivity index (χ1) is 9.93. The number of aryl methyl sites for hydroxylation is 2. The van der Waals surface area contributed by atoms with Crippen LogP contribution in [0.4, 0.5) is 5.69 Å². The lowest BCUT2D eigenvalue weighted by Crippen LogP contribution is -2.32. The van der Waals surface area contributed by atoms with E-state index in [4.69, 9.17) is 0 Å². The van der Waals surface area contributed by atoms with E-state index in [1.54, 1.807) is 0 Å². The third-order valence-electron chi connectivity index (χ3n) is 3.88.